The van der Waals surface area contributed by atoms with E-state index in [1.165, 1.54) is 4.64 Å². The van der Waals surface area contributed by atoms with E-state index in [-0.39, 0.29) is 5.54 Å². The lowest BCUT2D eigenvalue weighted by molar-refractivity contribution is 0.297. The smallest absolute Gasteiger partial charge is 0.141 e. The van der Waals surface area contributed by atoms with E-state index in [1.54, 1.807) is 0 Å². The van der Waals surface area contributed by atoms with Crippen LogP contribution in [0, 0.1) is 0 Å². The summed E-state index contributed by atoms with van der Waals surface area (Å²) in [5.74, 6) is 1.56. The Morgan fingerprint density at radius 3 is 2.67 bits per heavy atom. The molecule has 86 valence electrons. The highest BCUT2D eigenvalue weighted by atomic mass is 35.5. The lowest BCUT2D eigenvalue weighted by Crippen LogP contribution is -2.53. The molecule has 0 fully saturated rings. The van der Waals surface area contributed by atoms with Gasteiger partial charge < -0.3 is 5.32 Å². The van der Waals surface area contributed by atoms with Crippen LogP contribution in [-0.2, 0) is 0 Å². The Kier molecular flexibility index (Phi) is 3.82. The normalized spacial score (nSPS) is 20.6. The first kappa shape index (κ1) is 12.1. The zero-order chi connectivity index (χ0) is 11.5. The zero-order valence-corrected chi connectivity index (χ0v) is 10.3. The molecule has 0 aliphatic carbocycles. The van der Waals surface area contributed by atoms with Gasteiger partial charge in [0.1, 0.15) is 11.7 Å². The molecule has 0 aromatic carbocycles. The summed E-state index contributed by atoms with van der Waals surface area (Å²) in [7, 11) is 0. The van der Waals surface area contributed by atoms with Gasteiger partial charge in [0, 0.05) is 29.9 Å². The van der Waals surface area contributed by atoms with Gasteiger partial charge in [-0.05, 0) is 32.3 Å². The Labute approximate surface area is 95.6 Å². The minimum absolute atomic E-state index is 0.0226. The van der Waals surface area contributed by atoms with Crippen molar-refractivity contribution in [1.82, 2.24) is 20.8 Å². The molecular weight excluding hydrogens is 214 g/mol. The molecule has 0 amide bonds. The van der Waals surface area contributed by atoms with Gasteiger partial charge in [0.25, 0.3) is 0 Å². The standard InChI is InChI=1S/C9H18ClN5/c1-5-11-7-6-8(12-9(2,3)4)14-15(10)13-7/h6,12,14H,5H2,1-4H3,(H,11,13). The van der Waals surface area contributed by atoms with Crippen LogP contribution in [0.1, 0.15) is 27.7 Å². The van der Waals surface area contributed by atoms with Crippen LogP contribution in [0.25, 0.3) is 0 Å². The van der Waals surface area contributed by atoms with Crippen molar-refractivity contribution in [3.05, 3.63) is 11.9 Å². The highest BCUT2D eigenvalue weighted by Gasteiger charge is 2.17. The minimum atomic E-state index is -0.0226. The topological polar surface area (TPSA) is 51.7 Å². The highest BCUT2D eigenvalue weighted by Crippen LogP contribution is 2.05. The lowest BCUT2D eigenvalue weighted by Gasteiger charge is -2.30. The first-order chi connectivity index (χ1) is 6.90. The van der Waals surface area contributed by atoms with Gasteiger partial charge in [-0.2, -0.15) is 0 Å². The Morgan fingerprint density at radius 1 is 1.47 bits per heavy atom. The molecule has 1 rings (SSSR count). The van der Waals surface area contributed by atoms with Crippen LogP contribution >= 0.6 is 11.8 Å². The SMILES string of the molecule is CCN=C1C=C(NC(C)(C)C)NN(Cl)N1. The predicted molar refractivity (Wildman–Crippen MR) is 62.9 cm³/mol. The summed E-state index contributed by atoms with van der Waals surface area (Å²) in [5, 5.41) is 3.28. The van der Waals surface area contributed by atoms with E-state index in [9.17, 15) is 0 Å². The number of hydrogen-bond donors (Lipinski definition) is 3. The van der Waals surface area contributed by atoms with E-state index < -0.39 is 0 Å². The van der Waals surface area contributed by atoms with E-state index in [0.29, 0.717) is 6.54 Å². The number of hydrogen-bond acceptors (Lipinski definition) is 4. The second kappa shape index (κ2) is 4.72. The molecule has 1 aliphatic rings. The largest absolute Gasteiger partial charge is 0.366 e. The molecular formula is C9H18ClN5. The number of hydrazine groups is 2. The van der Waals surface area contributed by atoms with Gasteiger partial charge in [0.05, 0.1) is 0 Å². The number of nitrogens with zero attached hydrogens (tertiary/aromatic N) is 2. The van der Waals surface area contributed by atoms with Crippen LogP contribution in [0.3, 0.4) is 0 Å². The van der Waals surface area contributed by atoms with Gasteiger partial charge in [0.2, 0.25) is 0 Å². The molecule has 0 bridgehead atoms. The summed E-state index contributed by atoms with van der Waals surface area (Å²) in [5.41, 5.74) is 5.75. The summed E-state index contributed by atoms with van der Waals surface area (Å²) in [6, 6.07) is 0. The Hall–Kier alpha value is -0.940. The van der Waals surface area contributed by atoms with Crippen LogP contribution in [0.2, 0.25) is 0 Å². The van der Waals surface area contributed by atoms with Crippen molar-refractivity contribution in [1.29, 1.82) is 0 Å². The number of amidine groups is 1. The van der Waals surface area contributed by atoms with Crippen LogP contribution < -0.4 is 16.2 Å². The van der Waals surface area contributed by atoms with E-state index in [4.69, 9.17) is 11.8 Å². The lowest BCUT2D eigenvalue weighted by atomic mass is 10.1. The molecule has 1 heterocycles. The van der Waals surface area contributed by atoms with Gasteiger partial charge in [-0.15, -0.1) is 0 Å². The molecule has 3 N–H and O–H groups in total. The Balaban J connectivity index is 2.75. The van der Waals surface area contributed by atoms with Gasteiger partial charge >= 0.3 is 0 Å². The second-order valence-electron chi connectivity index (χ2n) is 4.30. The molecule has 5 nitrogen and oxygen atoms in total. The summed E-state index contributed by atoms with van der Waals surface area (Å²) in [6.07, 6.45) is 1.88. The van der Waals surface area contributed by atoms with E-state index in [1.807, 2.05) is 13.0 Å². The maximum atomic E-state index is 5.82. The highest BCUT2D eigenvalue weighted by molar-refractivity contribution is 6.14. The third-order valence-corrected chi connectivity index (χ3v) is 1.72. The molecule has 0 saturated carbocycles. The average Bonchev–Trinajstić information content (AvgIpc) is 1.99. The molecule has 0 aromatic rings. The van der Waals surface area contributed by atoms with Crippen molar-refractivity contribution in [2.75, 3.05) is 6.54 Å². The summed E-state index contributed by atoms with van der Waals surface area (Å²) in [4.78, 5) is 4.24. The molecule has 1 aliphatic heterocycles. The van der Waals surface area contributed by atoms with Crippen LogP contribution in [0.5, 0.6) is 0 Å². The van der Waals surface area contributed by atoms with Crippen LogP contribution in [-0.4, -0.2) is 22.6 Å². The van der Waals surface area contributed by atoms with E-state index in [2.05, 4.69) is 41.9 Å². The van der Waals surface area contributed by atoms with Crippen molar-refractivity contribution < 1.29 is 0 Å². The summed E-state index contributed by atoms with van der Waals surface area (Å²) < 4.78 is 1.25. The Bertz CT molecular complexity index is 279. The second-order valence-corrected chi connectivity index (χ2v) is 4.64. The zero-order valence-electron chi connectivity index (χ0n) is 9.56. The third-order valence-electron chi connectivity index (χ3n) is 1.55. The monoisotopic (exact) mass is 231 g/mol. The van der Waals surface area contributed by atoms with Crippen molar-refractivity contribution in [2.45, 2.75) is 33.2 Å². The molecule has 0 spiro atoms. The van der Waals surface area contributed by atoms with Crippen molar-refractivity contribution in [2.24, 2.45) is 4.99 Å². The van der Waals surface area contributed by atoms with Gasteiger partial charge in [0.15, 0.2) is 0 Å². The third kappa shape index (κ3) is 4.40. The van der Waals surface area contributed by atoms with E-state index in [0.717, 1.165) is 11.7 Å². The summed E-state index contributed by atoms with van der Waals surface area (Å²) >= 11 is 5.82. The fourth-order valence-corrected chi connectivity index (χ4v) is 1.33. The summed E-state index contributed by atoms with van der Waals surface area (Å²) in [6.45, 7) is 8.92. The van der Waals surface area contributed by atoms with Gasteiger partial charge in [-0.3, -0.25) is 15.8 Å². The number of nitrogens with one attached hydrogen (secondary N) is 3. The first-order valence-electron chi connectivity index (χ1n) is 4.94. The van der Waals surface area contributed by atoms with Crippen molar-refractivity contribution in [3.63, 3.8) is 0 Å². The maximum Gasteiger partial charge on any atom is 0.141 e. The number of aliphatic imine (C=N–C) groups is 1. The fourth-order valence-electron chi connectivity index (χ4n) is 1.15. The average molecular weight is 232 g/mol. The molecule has 0 unspecified atom stereocenters. The van der Waals surface area contributed by atoms with Gasteiger partial charge in [-0.25, -0.2) is 0 Å². The van der Waals surface area contributed by atoms with Crippen LogP contribution in [0.4, 0.5) is 0 Å². The number of rotatable bonds is 2. The van der Waals surface area contributed by atoms with Gasteiger partial charge in [-0.1, -0.05) is 0 Å². The quantitative estimate of drug-likeness (QED) is 0.624. The predicted octanol–water partition coefficient (Wildman–Crippen LogP) is 1.11. The van der Waals surface area contributed by atoms with Crippen molar-refractivity contribution in [3.8, 4) is 0 Å². The number of halogens is 1. The molecule has 0 saturated heterocycles. The Morgan fingerprint density at radius 2 is 2.13 bits per heavy atom. The molecule has 15 heavy (non-hydrogen) atoms. The molecule has 0 atom stereocenters. The molecule has 0 radical (unpaired) electrons. The van der Waals surface area contributed by atoms with E-state index >= 15 is 0 Å². The molecule has 0 aromatic heterocycles. The maximum absolute atomic E-state index is 5.82. The minimum Gasteiger partial charge on any atom is -0.366 e. The molecule has 6 heteroatoms. The fraction of sp³-hybridized carbons (Fsp3) is 0.667. The van der Waals surface area contributed by atoms with Crippen molar-refractivity contribution >= 4 is 17.6 Å². The first-order valence-corrected chi connectivity index (χ1v) is 5.28. The van der Waals surface area contributed by atoms with Crippen LogP contribution in [0.15, 0.2) is 16.9 Å².